The molecule has 32 heavy (non-hydrogen) atoms. The summed E-state index contributed by atoms with van der Waals surface area (Å²) in [6.45, 7) is 7.77. The number of phenols is 1. The molecule has 0 spiro atoms. The summed E-state index contributed by atoms with van der Waals surface area (Å²) in [5, 5.41) is 21.4. The number of aromatic hydroxyl groups is 1. The minimum Gasteiger partial charge on any atom is -0.502 e. The van der Waals surface area contributed by atoms with Gasteiger partial charge in [-0.3, -0.25) is 0 Å². The Labute approximate surface area is 188 Å². The highest BCUT2D eigenvalue weighted by Crippen LogP contribution is 2.37. The van der Waals surface area contributed by atoms with E-state index in [4.69, 9.17) is 9.47 Å². The molecule has 0 bridgehead atoms. The molecule has 0 amide bonds. The van der Waals surface area contributed by atoms with E-state index in [1.165, 1.54) is 14.2 Å². The van der Waals surface area contributed by atoms with Crippen LogP contribution in [0.15, 0.2) is 47.5 Å². The normalized spacial score (nSPS) is 11.3. The summed E-state index contributed by atoms with van der Waals surface area (Å²) in [5.74, 6) is 1.37. The minimum atomic E-state index is -0.0199. The van der Waals surface area contributed by atoms with Gasteiger partial charge in [-0.2, -0.15) is 5.10 Å². The number of phenolic OH excluding ortho intramolecular Hbond substituents is 1. The van der Waals surface area contributed by atoms with Gasteiger partial charge in [0.2, 0.25) is 5.75 Å². The first-order valence-corrected chi connectivity index (χ1v) is 10.5. The van der Waals surface area contributed by atoms with E-state index in [9.17, 15) is 5.11 Å². The molecule has 0 radical (unpaired) electrons. The topological polar surface area (TPSA) is 92.9 Å². The Morgan fingerprint density at radius 1 is 1.06 bits per heavy atom. The van der Waals surface area contributed by atoms with E-state index in [-0.39, 0.29) is 5.75 Å². The minimum absolute atomic E-state index is 0.0199. The SMILES string of the molecule is CCNC(=NCc1cc(OC)c(O)c(OC)c1)NCc1ccccc1-n1nc(C)cc1C. The number of rotatable bonds is 8. The van der Waals surface area contributed by atoms with Crippen LogP contribution in [0.1, 0.15) is 29.4 Å². The number of nitrogens with one attached hydrogen (secondary N) is 2. The number of nitrogens with zero attached hydrogens (tertiary/aromatic N) is 3. The van der Waals surface area contributed by atoms with Gasteiger partial charge in [-0.15, -0.1) is 0 Å². The van der Waals surface area contributed by atoms with Crippen molar-refractivity contribution in [3.05, 3.63) is 65.0 Å². The van der Waals surface area contributed by atoms with E-state index in [2.05, 4.69) is 45.8 Å². The maximum Gasteiger partial charge on any atom is 0.200 e. The molecule has 8 heteroatoms. The van der Waals surface area contributed by atoms with Crippen LogP contribution in [-0.2, 0) is 13.1 Å². The summed E-state index contributed by atoms with van der Waals surface area (Å²) < 4.78 is 12.4. The Balaban J connectivity index is 1.79. The molecule has 0 aliphatic rings. The molecule has 0 atom stereocenters. The molecule has 0 saturated carbocycles. The molecule has 3 rings (SSSR count). The summed E-state index contributed by atoms with van der Waals surface area (Å²) in [5.41, 5.74) is 5.08. The molecular weight excluding hydrogens is 406 g/mol. The molecular formula is C24H31N5O3. The Morgan fingerprint density at radius 2 is 1.75 bits per heavy atom. The van der Waals surface area contributed by atoms with Crippen molar-refractivity contribution in [2.75, 3.05) is 20.8 Å². The highest BCUT2D eigenvalue weighted by Gasteiger charge is 2.12. The Morgan fingerprint density at radius 3 is 2.34 bits per heavy atom. The first-order valence-electron chi connectivity index (χ1n) is 10.5. The van der Waals surface area contributed by atoms with Crippen molar-refractivity contribution in [3.8, 4) is 22.9 Å². The summed E-state index contributed by atoms with van der Waals surface area (Å²) in [6.07, 6.45) is 0. The first-order chi connectivity index (χ1) is 15.5. The number of para-hydroxylation sites is 1. The van der Waals surface area contributed by atoms with Gasteiger partial charge in [-0.1, -0.05) is 18.2 Å². The number of methoxy groups -OCH3 is 2. The van der Waals surface area contributed by atoms with Gasteiger partial charge in [-0.25, -0.2) is 9.67 Å². The van der Waals surface area contributed by atoms with Crippen molar-refractivity contribution in [1.29, 1.82) is 0 Å². The Hall–Kier alpha value is -3.68. The number of guanidine groups is 1. The van der Waals surface area contributed by atoms with Gasteiger partial charge in [0.15, 0.2) is 17.5 Å². The summed E-state index contributed by atoms with van der Waals surface area (Å²) >= 11 is 0. The van der Waals surface area contributed by atoms with E-state index >= 15 is 0 Å². The zero-order valence-corrected chi connectivity index (χ0v) is 19.3. The van der Waals surface area contributed by atoms with Crippen molar-refractivity contribution in [2.45, 2.75) is 33.9 Å². The molecule has 3 aromatic rings. The molecule has 0 saturated heterocycles. The van der Waals surface area contributed by atoms with Gasteiger partial charge in [-0.05, 0) is 56.2 Å². The van der Waals surface area contributed by atoms with Crippen molar-refractivity contribution in [3.63, 3.8) is 0 Å². The molecule has 170 valence electrons. The van der Waals surface area contributed by atoms with Gasteiger partial charge in [0.05, 0.1) is 32.1 Å². The number of aliphatic imine (C=N–C) groups is 1. The average Bonchev–Trinajstić information content (AvgIpc) is 3.14. The second-order valence-electron chi connectivity index (χ2n) is 7.37. The standard InChI is InChI=1S/C24H31N5O3/c1-6-25-24(26-14-18-12-21(31-4)23(30)22(13-18)32-5)27-15-19-9-7-8-10-20(19)29-17(3)11-16(2)28-29/h7-13,30H,6,14-15H2,1-5H3,(H2,25,26,27). The van der Waals surface area contributed by atoms with Gasteiger partial charge >= 0.3 is 0 Å². The number of hydrogen-bond acceptors (Lipinski definition) is 5. The maximum absolute atomic E-state index is 10.1. The molecule has 0 fully saturated rings. The first kappa shape index (κ1) is 23.0. The number of aryl methyl sites for hydroxylation is 2. The van der Waals surface area contributed by atoms with Gasteiger partial charge in [0.25, 0.3) is 0 Å². The summed E-state index contributed by atoms with van der Waals surface area (Å²) in [6, 6.07) is 13.8. The predicted molar refractivity (Wildman–Crippen MR) is 126 cm³/mol. The highest BCUT2D eigenvalue weighted by atomic mass is 16.5. The molecule has 0 aliphatic carbocycles. The van der Waals surface area contributed by atoms with E-state index in [0.29, 0.717) is 30.5 Å². The lowest BCUT2D eigenvalue weighted by molar-refractivity contribution is 0.339. The number of hydrogen-bond donors (Lipinski definition) is 3. The highest BCUT2D eigenvalue weighted by molar-refractivity contribution is 5.79. The van der Waals surface area contributed by atoms with Crippen molar-refractivity contribution < 1.29 is 14.6 Å². The monoisotopic (exact) mass is 437 g/mol. The van der Waals surface area contributed by atoms with E-state index < -0.39 is 0 Å². The Bertz CT molecular complexity index is 1070. The predicted octanol–water partition coefficient (Wildman–Crippen LogP) is 3.47. The fourth-order valence-corrected chi connectivity index (χ4v) is 3.47. The number of benzene rings is 2. The van der Waals surface area contributed by atoms with Crippen LogP contribution >= 0.6 is 0 Å². The van der Waals surface area contributed by atoms with Gasteiger partial charge in [0.1, 0.15) is 0 Å². The zero-order chi connectivity index (χ0) is 23.1. The third-order valence-corrected chi connectivity index (χ3v) is 4.98. The van der Waals surface area contributed by atoms with Gasteiger partial charge in [0, 0.05) is 18.8 Å². The van der Waals surface area contributed by atoms with Crippen LogP contribution < -0.4 is 20.1 Å². The summed E-state index contributed by atoms with van der Waals surface area (Å²) in [4.78, 5) is 4.68. The lowest BCUT2D eigenvalue weighted by atomic mass is 10.1. The van der Waals surface area contributed by atoms with Crippen LogP contribution in [0.2, 0.25) is 0 Å². The van der Waals surface area contributed by atoms with Crippen LogP contribution in [-0.4, -0.2) is 41.6 Å². The molecule has 1 heterocycles. The van der Waals surface area contributed by atoms with Crippen LogP contribution in [0.4, 0.5) is 0 Å². The number of ether oxygens (including phenoxy) is 2. The second kappa shape index (κ2) is 10.6. The third kappa shape index (κ3) is 5.32. The average molecular weight is 438 g/mol. The lowest BCUT2D eigenvalue weighted by Crippen LogP contribution is -2.37. The van der Waals surface area contributed by atoms with E-state index in [1.807, 2.05) is 30.7 Å². The molecule has 2 aromatic carbocycles. The molecule has 1 aromatic heterocycles. The van der Waals surface area contributed by atoms with Crippen LogP contribution in [0.5, 0.6) is 17.2 Å². The summed E-state index contributed by atoms with van der Waals surface area (Å²) in [7, 11) is 3.01. The van der Waals surface area contributed by atoms with E-state index in [0.717, 1.165) is 34.7 Å². The Kier molecular flexibility index (Phi) is 7.59. The van der Waals surface area contributed by atoms with Gasteiger partial charge < -0.3 is 25.2 Å². The fraction of sp³-hybridized carbons (Fsp3) is 0.333. The maximum atomic E-state index is 10.1. The van der Waals surface area contributed by atoms with Crippen LogP contribution in [0.25, 0.3) is 5.69 Å². The van der Waals surface area contributed by atoms with Crippen molar-refractivity contribution >= 4 is 5.96 Å². The second-order valence-corrected chi connectivity index (χ2v) is 7.37. The molecule has 8 nitrogen and oxygen atoms in total. The van der Waals surface area contributed by atoms with Crippen molar-refractivity contribution in [2.24, 2.45) is 4.99 Å². The molecule has 0 unspecified atom stereocenters. The lowest BCUT2D eigenvalue weighted by Gasteiger charge is -2.15. The zero-order valence-electron chi connectivity index (χ0n) is 19.3. The third-order valence-electron chi connectivity index (χ3n) is 4.98. The number of aromatic nitrogens is 2. The quantitative estimate of drug-likeness (QED) is 0.369. The van der Waals surface area contributed by atoms with E-state index in [1.54, 1.807) is 12.1 Å². The molecule has 3 N–H and O–H groups in total. The van der Waals surface area contributed by atoms with Crippen LogP contribution in [0.3, 0.4) is 0 Å². The largest absolute Gasteiger partial charge is 0.502 e. The fourth-order valence-electron chi connectivity index (χ4n) is 3.47. The molecule has 0 aliphatic heterocycles. The van der Waals surface area contributed by atoms with Crippen molar-refractivity contribution in [1.82, 2.24) is 20.4 Å². The van der Waals surface area contributed by atoms with Crippen LogP contribution in [0, 0.1) is 13.8 Å². The smallest absolute Gasteiger partial charge is 0.200 e.